The van der Waals surface area contributed by atoms with Gasteiger partial charge in [0.15, 0.2) is 0 Å². The molecular weight excluding hydrogens is 224 g/mol. The monoisotopic (exact) mass is 240 g/mol. The molecule has 0 amide bonds. The molecule has 0 saturated heterocycles. The second-order valence-electron chi connectivity index (χ2n) is 4.75. The number of H-pyrrole nitrogens is 1. The number of nitrogens with zero attached hydrogens (tertiary/aromatic N) is 1. The van der Waals surface area contributed by atoms with E-state index in [2.05, 4.69) is 4.98 Å². The summed E-state index contributed by atoms with van der Waals surface area (Å²) in [6.45, 7) is 6.33. The number of ether oxygens (including phenoxy) is 1. The largest absolute Gasteiger partial charge is 0.459 e. The first kappa shape index (κ1) is 13.2. The van der Waals surface area contributed by atoms with E-state index in [-0.39, 0.29) is 6.54 Å². The van der Waals surface area contributed by atoms with E-state index < -0.39 is 22.8 Å². The molecule has 0 bridgehead atoms. The van der Waals surface area contributed by atoms with Gasteiger partial charge in [-0.05, 0) is 27.7 Å². The Kier molecular flexibility index (Phi) is 3.55. The maximum atomic E-state index is 11.6. The number of aryl methyl sites for hydroxylation is 1. The number of hydrogen-bond donors (Lipinski definition) is 1. The van der Waals surface area contributed by atoms with Crippen LogP contribution in [0.2, 0.25) is 0 Å². The standard InChI is InChI=1S/C11H16N2O4/c1-7-5-12-10(16)13(9(7)15)6-8(14)17-11(2,3)4/h5H,6H2,1-4H3,(H,12,16). The Morgan fingerprint density at radius 1 is 1.41 bits per heavy atom. The fourth-order valence-corrected chi connectivity index (χ4v) is 1.26. The highest BCUT2D eigenvalue weighted by Crippen LogP contribution is 2.06. The molecule has 0 aliphatic heterocycles. The predicted octanol–water partition coefficient (Wildman–Crippen LogP) is 0.187. The van der Waals surface area contributed by atoms with E-state index in [0.717, 1.165) is 4.57 Å². The van der Waals surface area contributed by atoms with E-state index in [1.54, 1.807) is 27.7 Å². The molecule has 0 aliphatic rings. The van der Waals surface area contributed by atoms with Crippen LogP contribution in [0.5, 0.6) is 0 Å². The fraction of sp³-hybridized carbons (Fsp3) is 0.545. The van der Waals surface area contributed by atoms with Crippen molar-refractivity contribution < 1.29 is 9.53 Å². The molecule has 1 heterocycles. The van der Waals surface area contributed by atoms with Gasteiger partial charge < -0.3 is 9.72 Å². The van der Waals surface area contributed by atoms with Gasteiger partial charge in [-0.25, -0.2) is 9.36 Å². The van der Waals surface area contributed by atoms with Crippen LogP contribution in [0.1, 0.15) is 26.3 Å². The molecule has 1 rings (SSSR count). The van der Waals surface area contributed by atoms with Gasteiger partial charge in [0.05, 0.1) is 0 Å². The zero-order chi connectivity index (χ0) is 13.2. The maximum absolute atomic E-state index is 11.6. The minimum Gasteiger partial charge on any atom is -0.459 e. The Bertz CT molecular complexity index is 534. The molecule has 1 aromatic rings. The molecule has 0 unspecified atom stereocenters. The van der Waals surface area contributed by atoms with Crippen LogP contribution in [0, 0.1) is 6.92 Å². The number of hydrogen-bond acceptors (Lipinski definition) is 4. The number of nitrogens with one attached hydrogen (secondary N) is 1. The van der Waals surface area contributed by atoms with Gasteiger partial charge in [-0.2, -0.15) is 0 Å². The van der Waals surface area contributed by atoms with Crippen molar-refractivity contribution >= 4 is 5.97 Å². The number of rotatable bonds is 2. The Morgan fingerprint density at radius 3 is 2.53 bits per heavy atom. The van der Waals surface area contributed by atoms with E-state index in [4.69, 9.17) is 4.74 Å². The SMILES string of the molecule is Cc1c[nH]c(=O)n(CC(=O)OC(C)(C)C)c1=O. The molecular formula is C11H16N2O4. The van der Waals surface area contributed by atoms with Crippen LogP contribution in [0.15, 0.2) is 15.8 Å². The van der Waals surface area contributed by atoms with Gasteiger partial charge in [-0.3, -0.25) is 9.59 Å². The predicted molar refractivity (Wildman–Crippen MR) is 61.9 cm³/mol. The summed E-state index contributed by atoms with van der Waals surface area (Å²) in [6, 6.07) is 0. The highest BCUT2D eigenvalue weighted by atomic mass is 16.6. The molecule has 0 fully saturated rings. The lowest BCUT2D eigenvalue weighted by Crippen LogP contribution is -2.39. The zero-order valence-electron chi connectivity index (χ0n) is 10.4. The highest BCUT2D eigenvalue weighted by Gasteiger charge is 2.18. The van der Waals surface area contributed by atoms with Gasteiger partial charge in [0, 0.05) is 11.8 Å². The summed E-state index contributed by atoms with van der Waals surface area (Å²) in [4.78, 5) is 36.9. The fourth-order valence-electron chi connectivity index (χ4n) is 1.26. The summed E-state index contributed by atoms with van der Waals surface area (Å²) in [7, 11) is 0. The molecule has 0 radical (unpaired) electrons. The third-order valence-electron chi connectivity index (χ3n) is 1.95. The van der Waals surface area contributed by atoms with Crippen LogP contribution >= 0.6 is 0 Å². The van der Waals surface area contributed by atoms with Crippen molar-refractivity contribution in [3.63, 3.8) is 0 Å². The molecule has 0 aliphatic carbocycles. The van der Waals surface area contributed by atoms with Crippen molar-refractivity contribution in [2.75, 3.05) is 0 Å². The van der Waals surface area contributed by atoms with Crippen molar-refractivity contribution in [3.8, 4) is 0 Å². The molecule has 1 aromatic heterocycles. The minimum atomic E-state index is -0.642. The van der Waals surface area contributed by atoms with Crippen LogP contribution in [0.3, 0.4) is 0 Å². The summed E-state index contributed by atoms with van der Waals surface area (Å²) in [5.41, 5.74) is -1.38. The van der Waals surface area contributed by atoms with Crippen molar-refractivity contribution in [1.82, 2.24) is 9.55 Å². The first-order valence-electron chi connectivity index (χ1n) is 5.21. The van der Waals surface area contributed by atoms with Gasteiger partial charge in [-0.15, -0.1) is 0 Å². The average Bonchev–Trinajstić information content (AvgIpc) is 2.16. The van der Waals surface area contributed by atoms with Gasteiger partial charge >= 0.3 is 11.7 Å². The van der Waals surface area contributed by atoms with Gasteiger partial charge in [-0.1, -0.05) is 0 Å². The Balaban J connectivity index is 2.97. The molecule has 0 aromatic carbocycles. The molecule has 17 heavy (non-hydrogen) atoms. The number of aromatic amines is 1. The molecule has 0 saturated carbocycles. The normalized spacial score (nSPS) is 11.3. The van der Waals surface area contributed by atoms with E-state index in [9.17, 15) is 14.4 Å². The first-order chi connectivity index (χ1) is 7.70. The van der Waals surface area contributed by atoms with E-state index in [0.29, 0.717) is 5.56 Å². The van der Waals surface area contributed by atoms with Crippen molar-refractivity contribution in [2.24, 2.45) is 0 Å². The minimum absolute atomic E-state index is 0.369. The van der Waals surface area contributed by atoms with Gasteiger partial charge in [0.2, 0.25) is 0 Å². The number of aromatic nitrogens is 2. The third kappa shape index (κ3) is 3.58. The summed E-state index contributed by atoms with van der Waals surface area (Å²) in [5, 5.41) is 0. The summed E-state index contributed by atoms with van der Waals surface area (Å²) < 4.78 is 5.86. The lowest BCUT2D eigenvalue weighted by molar-refractivity contribution is -0.155. The summed E-state index contributed by atoms with van der Waals surface area (Å²) in [6.07, 6.45) is 1.32. The van der Waals surface area contributed by atoms with Crippen molar-refractivity contribution in [3.05, 3.63) is 32.6 Å². The Morgan fingerprint density at radius 2 is 2.00 bits per heavy atom. The van der Waals surface area contributed by atoms with Gasteiger partial charge in [0.25, 0.3) is 5.56 Å². The summed E-state index contributed by atoms with van der Waals surface area (Å²) in [5.74, 6) is -0.615. The number of carbonyl (C=O) groups is 1. The molecule has 6 nitrogen and oxygen atoms in total. The van der Waals surface area contributed by atoms with Crippen LogP contribution in [-0.4, -0.2) is 21.1 Å². The quantitative estimate of drug-likeness (QED) is 0.748. The number of carbonyl (C=O) groups excluding carboxylic acids is 1. The Labute approximate surface area is 98.2 Å². The highest BCUT2D eigenvalue weighted by molar-refractivity contribution is 5.69. The number of esters is 1. The topological polar surface area (TPSA) is 81.2 Å². The van der Waals surface area contributed by atoms with Crippen molar-refractivity contribution in [2.45, 2.75) is 39.8 Å². The van der Waals surface area contributed by atoms with E-state index in [1.165, 1.54) is 6.20 Å². The Hall–Kier alpha value is -1.85. The van der Waals surface area contributed by atoms with Crippen LogP contribution in [0.4, 0.5) is 0 Å². The molecule has 6 heteroatoms. The van der Waals surface area contributed by atoms with Crippen LogP contribution < -0.4 is 11.2 Å². The second-order valence-corrected chi connectivity index (χ2v) is 4.75. The average molecular weight is 240 g/mol. The zero-order valence-corrected chi connectivity index (χ0v) is 10.4. The maximum Gasteiger partial charge on any atom is 0.328 e. The van der Waals surface area contributed by atoms with Crippen LogP contribution in [-0.2, 0) is 16.1 Å². The summed E-state index contributed by atoms with van der Waals surface area (Å²) >= 11 is 0. The van der Waals surface area contributed by atoms with Gasteiger partial charge in [0.1, 0.15) is 12.1 Å². The third-order valence-corrected chi connectivity index (χ3v) is 1.95. The molecule has 94 valence electrons. The van der Waals surface area contributed by atoms with Crippen LogP contribution in [0.25, 0.3) is 0 Å². The first-order valence-corrected chi connectivity index (χ1v) is 5.21. The second kappa shape index (κ2) is 4.57. The molecule has 0 spiro atoms. The lowest BCUT2D eigenvalue weighted by atomic mass is 10.2. The van der Waals surface area contributed by atoms with E-state index >= 15 is 0 Å². The molecule has 0 atom stereocenters. The molecule has 1 N–H and O–H groups in total. The van der Waals surface area contributed by atoms with Crippen molar-refractivity contribution in [1.29, 1.82) is 0 Å². The lowest BCUT2D eigenvalue weighted by Gasteiger charge is -2.19. The van der Waals surface area contributed by atoms with E-state index in [1.807, 2.05) is 0 Å². The smallest absolute Gasteiger partial charge is 0.328 e.